The van der Waals surface area contributed by atoms with E-state index in [0.717, 1.165) is 5.69 Å². The van der Waals surface area contributed by atoms with Gasteiger partial charge in [-0.1, -0.05) is 0 Å². The largest absolute Gasteiger partial charge is 0.389 e. The average Bonchev–Trinajstić information content (AvgIpc) is 2.38. The van der Waals surface area contributed by atoms with E-state index in [2.05, 4.69) is 6.07 Å². The van der Waals surface area contributed by atoms with Crippen molar-refractivity contribution in [1.29, 1.82) is 5.26 Å². The zero-order valence-corrected chi connectivity index (χ0v) is 11.9. The van der Waals surface area contributed by atoms with Gasteiger partial charge in [-0.2, -0.15) is 5.26 Å². The molecular formula is C15H21FN2O. The van der Waals surface area contributed by atoms with Crippen LogP contribution in [-0.2, 0) is 0 Å². The lowest BCUT2D eigenvalue weighted by Crippen LogP contribution is -2.29. The Morgan fingerprint density at radius 2 is 2.05 bits per heavy atom. The summed E-state index contributed by atoms with van der Waals surface area (Å²) >= 11 is 0. The molecule has 0 spiro atoms. The maximum Gasteiger partial charge on any atom is 0.126 e. The molecule has 0 aliphatic carbocycles. The Labute approximate surface area is 114 Å². The van der Waals surface area contributed by atoms with Crippen LogP contribution < -0.4 is 4.90 Å². The summed E-state index contributed by atoms with van der Waals surface area (Å²) < 4.78 is 13.6. The molecule has 1 rings (SSSR count). The molecule has 2 atom stereocenters. The highest BCUT2D eigenvalue weighted by Gasteiger charge is 2.17. The first-order valence-electron chi connectivity index (χ1n) is 6.53. The highest BCUT2D eigenvalue weighted by molar-refractivity contribution is 5.57. The summed E-state index contributed by atoms with van der Waals surface area (Å²) in [6, 6.07) is 5.32. The number of aryl methyl sites for hydroxylation is 1. The minimum absolute atomic E-state index is 0.118. The molecule has 0 radical (unpaired) electrons. The molecule has 0 aliphatic heterocycles. The molecule has 3 nitrogen and oxygen atoms in total. The van der Waals surface area contributed by atoms with E-state index in [-0.39, 0.29) is 11.7 Å². The lowest BCUT2D eigenvalue weighted by molar-refractivity contribution is 0.199. The standard InChI is InChI=1S/C15H21FN2O/c1-5-18(9-10(2)8-17)15-6-11(3)14(16)7-13(15)12(4)19/h6-7,10,12,19H,5,9H2,1-4H3/t10?,12-/m0/s1. The number of rotatable bonds is 5. The summed E-state index contributed by atoms with van der Waals surface area (Å²) in [5.41, 5.74) is 1.91. The summed E-state index contributed by atoms with van der Waals surface area (Å²) in [5, 5.41) is 18.7. The first-order valence-corrected chi connectivity index (χ1v) is 6.53. The molecule has 0 aromatic heterocycles. The van der Waals surface area contributed by atoms with Gasteiger partial charge in [0.2, 0.25) is 0 Å². The van der Waals surface area contributed by atoms with E-state index in [9.17, 15) is 9.50 Å². The lowest BCUT2D eigenvalue weighted by atomic mass is 10.0. The number of nitrogens with zero attached hydrogens (tertiary/aromatic N) is 2. The van der Waals surface area contributed by atoms with Gasteiger partial charge in [-0.3, -0.25) is 0 Å². The minimum Gasteiger partial charge on any atom is -0.389 e. The van der Waals surface area contributed by atoms with Crippen LogP contribution in [0.3, 0.4) is 0 Å². The van der Waals surface area contributed by atoms with Crippen molar-refractivity contribution in [3.8, 4) is 6.07 Å². The second-order valence-corrected chi connectivity index (χ2v) is 4.90. The number of halogens is 1. The van der Waals surface area contributed by atoms with E-state index in [0.29, 0.717) is 24.2 Å². The van der Waals surface area contributed by atoms with Crippen molar-refractivity contribution >= 4 is 5.69 Å². The average molecular weight is 264 g/mol. The lowest BCUT2D eigenvalue weighted by Gasteiger charge is -2.28. The molecule has 1 N–H and O–H groups in total. The van der Waals surface area contributed by atoms with Crippen molar-refractivity contribution in [3.63, 3.8) is 0 Å². The van der Waals surface area contributed by atoms with Crippen LogP contribution in [-0.4, -0.2) is 18.2 Å². The van der Waals surface area contributed by atoms with E-state index in [1.165, 1.54) is 6.07 Å². The van der Waals surface area contributed by atoms with Crippen LogP contribution in [0.4, 0.5) is 10.1 Å². The first-order chi connectivity index (χ1) is 8.90. The molecule has 19 heavy (non-hydrogen) atoms. The van der Waals surface area contributed by atoms with Gasteiger partial charge in [0.15, 0.2) is 0 Å². The van der Waals surface area contributed by atoms with Gasteiger partial charge in [0.1, 0.15) is 5.82 Å². The summed E-state index contributed by atoms with van der Waals surface area (Å²) in [6.07, 6.45) is -0.739. The van der Waals surface area contributed by atoms with E-state index in [1.54, 1.807) is 19.9 Å². The van der Waals surface area contributed by atoms with Crippen LogP contribution in [0.15, 0.2) is 12.1 Å². The molecule has 1 unspecified atom stereocenters. The predicted molar refractivity (Wildman–Crippen MR) is 74.4 cm³/mol. The van der Waals surface area contributed by atoms with Crippen LogP contribution in [0.25, 0.3) is 0 Å². The number of benzene rings is 1. The Balaban J connectivity index is 3.22. The van der Waals surface area contributed by atoms with Gasteiger partial charge in [0, 0.05) is 24.3 Å². The molecule has 4 heteroatoms. The van der Waals surface area contributed by atoms with Crippen molar-refractivity contribution in [2.24, 2.45) is 5.92 Å². The normalized spacial score (nSPS) is 13.7. The Bertz CT molecular complexity index is 480. The van der Waals surface area contributed by atoms with E-state index in [4.69, 9.17) is 5.26 Å². The summed E-state index contributed by atoms with van der Waals surface area (Å²) in [6.45, 7) is 8.42. The zero-order valence-electron chi connectivity index (χ0n) is 11.9. The van der Waals surface area contributed by atoms with E-state index in [1.807, 2.05) is 18.7 Å². The quantitative estimate of drug-likeness (QED) is 0.888. The van der Waals surface area contributed by atoms with Crippen LogP contribution >= 0.6 is 0 Å². The maximum absolute atomic E-state index is 13.6. The van der Waals surface area contributed by atoms with Crippen LogP contribution in [0.1, 0.15) is 38.0 Å². The fourth-order valence-electron chi connectivity index (χ4n) is 2.06. The molecule has 0 amide bonds. The van der Waals surface area contributed by atoms with Gasteiger partial charge in [0.25, 0.3) is 0 Å². The Morgan fingerprint density at radius 1 is 1.42 bits per heavy atom. The second kappa shape index (κ2) is 6.53. The molecule has 0 heterocycles. The fourth-order valence-corrected chi connectivity index (χ4v) is 2.06. The smallest absolute Gasteiger partial charge is 0.126 e. The van der Waals surface area contributed by atoms with Gasteiger partial charge >= 0.3 is 0 Å². The van der Waals surface area contributed by atoms with Gasteiger partial charge in [0.05, 0.1) is 18.1 Å². The summed E-state index contributed by atoms with van der Waals surface area (Å²) in [4.78, 5) is 2.00. The number of hydrogen-bond acceptors (Lipinski definition) is 3. The first kappa shape index (κ1) is 15.5. The molecule has 0 fully saturated rings. The van der Waals surface area contributed by atoms with Crippen molar-refractivity contribution in [1.82, 2.24) is 0 Å². The molecule has 1 aromatic carbocycles. The van der Waals surface area contributed by atoms with E-state index >= 15 is 0 Å². The van der Waals surface area contributed by atoms with Crippen molar-refractivity contribution in [2.75, 3.05) is 18.0 Å². The van der Waals surface area contributed by atoms with Crippen molar-refractivity contribution < 1.29 is 9.50 Å². The monoisotopic (exact) mass is 264 g/mol. The molecule has 0 bridgehead atoms. The number of aliphatic hydroxyl groups excluding tert-OH is 1. The minimum atomic E-state index is -0.739. The Morgan fingerprint density at radius 3 is 2.53 bits per heavy atom. The van der Waals surface area contributed by atoms with Crippen LogP contribution in [0.2, 0.25) is 0 Å². The topological polar surface area (TPSA) is 47.3 Å². The third-order valence-corrected chi connectivity index (χ3v) is 3.20. The Hall–Kier alpha value is -1.60. The summed E-state index contributed by atoms with van der Waals surface area (Å²) in [5.74, 6) is -0.434. The van der Waals surface area contributed by atoms with Crippen LogP contribution in [0, 0.1) is 30.0 Å². The highest BCUT2D eigenvalue weighted by Crippen LogP contribution is 2.29. The SMILES string of the molecule is CCN(CC(C)C#N)c1cc(C)c(F)cc1[C@H](C)O. The molecule has 0 saturated heterocycles. The summed E-state index contributed by atoms with van der Waals surface area (Å²) in [7, 11) is 0. The number of aliphatic hydroxyl groups is 1. The third kappa shape index (κ3) is 3.68. The Kier molecular flexibility index (Phi) is 5.31. The third-order valence-electron chi connectivity index (χ3n) is 3.20. The fraction of sp³-hybridized carbons (Fsp3) is 0.533. The van der Waals surface area contributed by atoms with Crippen LogP contribution in [0.5, 0.6) is 0 Å². The predicted octanol–water partition coefficient (Wildman–Crippen LogP) is 3.17. The number of nitriles is 1. The molecule has 0 aliphatic rings. The second-order valence-electron chi connectivity index (χ2n) is 4.90. The maximum atomic E-state index is 13.6. The number of anilines is 1. The number of hydrogen-bond donors (Lipinski definition) is 1. The zero-order chi connectivity index (χ0) is 14.6. The molecule has 104 valence electrons. The van der Waals surface area contributed by atoms with Crippen molar-refractivity contribution in [3.05, 3.63) is 29.1 Å². The molecule has 0 saturated carbocycles. The van der Waals surface area contributed by atoms with E-state index < -0.39 is 6.10 Å². The van der Waals surface area contributed by atoms with Gasteiger partial charge in [-0.05, 0) is 45.4 Å². The molecule has 1 aromatic rings. The van der Waals surface area contributed by atoms with Gasteiger partial charge in [-0.15, -0.1) is 0 Å². The van der Waals surface area contributed by atoms with Gasteiger partial charge < -0.3 is 10.0 Å². The highest BCUT2D eigenvalue weighted by atomic mass is 19.1. The van der Waals surface area contributed by atoms with Gasteiger partial charge in [-0.25, -0.2) is 4.39 Å². The molecular weight excluding hydrogens is 243 g/mol. The van der Waals surface area contributed by atoms with Crippen molar-refractivity contribution in [2.45, 2.75) is 33.8 Å².